The van der Waals surface area contributed by atoms with Crippen molar-refractivity contribution in [3.05, 3.63) is 130 Å². The molecule has 168 valence electrons. The molecule has 1 N–H and O–H groups in total. The van der Waals surface area contributed by atoms with Gasteiger partial charge in [-0.2, -0.15) is 0 Å². The van der Waals surface area contributed by atoms with Crippen LogP contribution in [0.1, 0.15) is 48.5 Å². The van der Waals surface area contributed by atoms with E-state index in [9.17, 15) is 9.59 Å². The van der Waals surface area contributed by atoms with E-state index in [1.807, 2.05) is 67.3 Å². The number of nitrogens with zero attached hydrogens (tertiary/aromatic N) is 1. The summed E-state index contributed by atoms with van der Waals surface area (Å²) in [5.41, 5.74) is 8.34. The van der Waals surface area contributed by atoms with Crippen molar-refractivity contribution in [1.82, 2.24) is 0 Å². The fourth-order valence-corrected chi connectivity index (χ4v) is 4.48. The summed E-state index contributed by atoms with van der Waals surface area (Å²) in [4.78, 5) is 28.2. The lowest BCUT2D eigenvalue weighted by atomic mass is 10.0. The van der Waals surface area contributed by atoms with Crippen LogP contribution in [-0.4, -0.2) is 11.8 Å². The largest absolute Gasteiger partial charge is 0.322 e. The Labute approximate surface area is 199 Å². The monoisotopic (exact) mass is 446 g/mol. The number of aryl methyl sites for hydroxylation is 2. The molecule has 4 aromatic rings. The Balaban J connectivity index is 1.40. The van der Waals surface area contributed by atoms with Gasteiger partial charge in [0.1, 0.15) is 0 Å². The highest BCUT2D eigenvalue weighted by atomic mass is 16.2. The van der Waals surface area contributed by atoms with Gasteiger partial charge in [-0.15, -0.1) is 0 Å². The molecule has 0 atom stereocenters. The molecule has 1 aliphatic heterocycles. The van der Waals surface area contributed by atoms with Crippen LogP contribution in [0.25, 0.3) is 0 Å². The molecule has 0 saturated heterocycles. The molecular weight excluding hydrogens is 420 g/mol. The average Bonchev–Trinajstić information content (AvgIpc) is 3.02. The van der Waals surface area contributed by atoms with Crippen LogP contribution in [0.4, 0.5) is 11.4 Å². The highest BCUT2D eigenvalue weighted by molar-refractivity contribution is 6.08. The van der Waals surface area contributed by atoms with E-state index in [-0.39, 0.29) is 11.8 Å². The molecular formula is C30H26N2O2. The first kappa shape index (κ1) is 21.7. The van der Waals surface area contributed by atoms with E-state index >= 15 is 0 Å². The van der Waals surface area contributed by atoms with Crippen molar-refractivity contribution in [2.45, 2.75) is 26.8 Å². The second-order valence-electron chi connectivity index (χ2n) is 8.82. The topological polar surface area (TPSA) is 49.4 Å². The Hall–Kier alpha value is -4.18. The van der Waals surface area contributed by atoms with Crippen molar-refractivity contribution in [1.29, 1.82) is 0 Å². The van der Waals surface area contributed by atoms with Crippen LogP contribution in [0, 0.1) is 13.8 Å². The lowest BCUT2D eigenvalue weighted by molar-refractivity contribution is 0.0984. The number of hydrogen-bond acceptors (Lipinski definition) is 2. The molecule has 4 nitrogen and oxygen atoms in total. The summed E-state index contributed by atoms with van der Waals surface area (Å²) < 4.78 is 0. The van der Waals surface area contributed by atoms with E-state index in [0.29, 0.717) is 23.4 Å². The summed E-state index contributed by atoms with van der Waals surface area (Å²) in [5.74, 6) is -0.213. The van der Waals surface area contributed by atoms with Crippen molar-refractivity contribution < 1.29 is 9.59 Å². The maximum Gasteiger partial charge on any atom is 0.258 e. The molecule has 0 aliphatic carbocycles. The zero-order valence-corrected chi connectivity index (χ0v) is 19.3. The molecule has 0 spiro atoms. The number of rotatable bonds is 3. The van der Waals surface area contributed by atoms with Crippen LogP contribution in [0.15, 0.2) is 91.0 Å². The molecule has 4 heteroatoms. The first-order chi connectivity index (χ1) is 16.5. The molecule has 0 bridgehead atoms. The van der Waals surface area contributed by atoms with Gasteiger partial charge in [0.15, 0.2) is 0 Å². The highest BCUT2D eigenvalue weighted by Gasteiger charge is 2.24. The predicted molar refractivity (Wildman–Crippen MR) is 137 cm³/mol. The van der Waals surface area contributed by atoms with Crippen molar-refractivity contribution in [2.24, 2.45) is 0 Å². The first-order valence-electron chi connectivity index (χ1n) is 11.4. The van der Waals surface area contributed by atoms with Crippen molar-refractivity contribution >= 4 is 23.2 Å². The summed E-state index contributed by atoms with van der Waals surface area (Å²) in [6, 6.07) is 29.3. The third-order valence-corrected chi connectivity index (χ3v) is 6.38. The van der Waals surface area contributed by atoms with Gasteiger partial charge < -0.3 is 10.2 Å². The van der Waals surface area contributed by atoms with Crippen LogP contribution >= 0.6 is 0 Å². The number of carbonyl (C=O) groups excluding carboxylic acids is 2. The number of carbonyl (C=O) groups is 2. The minimum atomic E-state index is -0.154. The quantitative estimate of drug-likeness (QED) is 0.401. The second-order valence-corrected chi connectivity index (χ2v) is 8.82. The zero-order chi connectivity index (χ0) is 23.7. The van der Waals surface area contributed by atoms with E-state index in [1.54, 1.807) is 24.3 Å². The van der Waals surface area contributed by atoms with Crippen molar-refractivity contribution in [3.8, 4) is 0 Å². The van der Waals surface area contributed by atoms with Gasteiger partial charge in [-0.05, 0) is 78.9 Å². The predicted octanol–water partition coefficient (Wildman–Crippen LogP) is 6.31. The molecule has 1 heterocycles. The number of fused-ring (bicyclic) bond motifs is 2. The third kappa shape index (κ3) is 4.23. The van der Waals surface area contributed by atoms with Crippen LogP contribution in [0.2, 0.25) is 0 Å². The van der Waals surface area contributed by atoms with E-state index in [1.165, 1.54) is 5.56 Å². The summed E-state index contributed by atoms with van der Waals surface area (Å²) in [6.45, 7) is 4.42. The van der Waals surface area contributed by atoms with Crippen molar-refractivity contribution in [2.75, 3.05) is 10.2 Å². The molecule has 1 aliphatic rings. The van der Waals surface area contributed by atoms with Crippen LogP contribution in [-0.2, 0) is 13.0 Å². The maximum atomic E-state index is 13.6. The number of anilines is 2. The maximum absolute atomic E-state index is 13.6. The number of para-hydroxylation sites is 1. The van der Waals surface area contributed by atoms with Crippen LogP contribution < -0.4 is 10.2 Å². The minimum Gasteiger partial charge on any atom is -0.322 e. The van der Waals surface area contributed by atoms with E-state index < -0.39 is 0 Å². The number of hydrogen-bond donors (Lipinski definition) is 1. The fourth-order valence-electron chi connectivity index (χ4n) is 4.48. The van der Waals surface area contributed by atoms with Gasteiger partial charge in [-0.3, -0.25) is 9.59 Å². The summed E-state index contributed by atoms with van der Waals surface area (Å²) in [6.07, 6.45) is 0.805. The van der Waals surface area contributed by atoms with Gasteiger partial charge in [-0.1, -0.05) is 60.2 Å². The van der Waals surface area contributed by atoms with Gasteiger partial charge in [0, 0.05) is 22.5 Å². The Morgan fingerprint density at radius 3 is 2.21 bits per heavy atom. The van der Waals surface area contributed by atoms with Gasteiger partial charge in [0.25, 0.3) is 11.8 Å². The van der Waals surface area contributed by atoms with Gasteiger partial charge in [0.2, 0.25) is 0 Å². The molecule has 34 heavy (non-hydrogen) atoms. The number of benzene rings is 4. The second kappa shape index (κ2) is 8.99. The molecule has 0 fully saturated rings. The number of nitrogens with one attached hydrogen (secondary N) is 1. The lowest BCUT2D eigenvalue weighted by Crippen LogP contribution is -2.30. The highest BCUT2D eigenvalue weighted by Crippen LogP contribution is 2.31. The zero-order valence-electron chi connectivity index (χ0n) is 19.3. The Bertz CT molecular complexity index is 1390. The molecule has 0 saturated carbocycles. The minimum absolute atomic E-state index is 0.0587. The Morgan fingerprint density at radius 1 is 0.765 bits per heavy atom. The molecule has 0 aromatic heterocycles. The normalized spacial score (nSPS) is 12.4. The summed E-state index contributed by atoms with van der Waals surface area (Å²) in [5, 5.41) is 2.95. The van der Waals surface area contributed by atoms with Gasteiger partial charge in [0.05, 0.1) is 6.54 Å². The molecule has 4 aromatic carbocycles. The van der Waals surface area contributed by atoms with E-state index in [2.05, 4.69) is 23.5 Å². The molecule has 2 amide bonds. The Morgan fingerprint density at radius 2 is 1.44 bits per heavy atom. The average molecular weight is 447 g/mol. The smallest absolute Gasteiger partial charge is 0.258 e. The standard InChI is InChI=1S/C30H26N2O2/c1-20-11-12-21(2)27(17-20)29(33)31-26-15-13-22(14-16-26)30(34)32-19-25-9-4-3-7-23(25)18-24-8-5-6-10-28(24)32/h3-17H,18-19H2,1-2H3,(H,31,33). The van der Waals surface area contributed by atoms with E-state index in [4.69, 9.17) is 0 Å². The van der Waals surface area contributed by atoms with E-state index in [0.717, 1.165) is 34.4 Å². The first-order valence-corrected chi connectivity index (χ1v) is 11.4. The lowest BCUT2D eigenvalue weighted by Gasteiger charge is -2.23. The molecule has 0 radical (unpaired) electrons. The third-order valence-electron chi connectivity index (χ3n) is 6.38. The Kier molecular flexibility index (Phi) is 5.72. The molecule has 0 unspecified atom stereocenters. The van der Waals surface area contributed by atoms with Crippen LogP contribution in [0.3, 0.4) is 0 Å². The van der Waals surface area contributed by atoms with Crippen LogP contribution in [0.5, 0.6) is 0 Å². The summed E-state index contributed by atoms with van der Waals surface area (Å²) in [7, 11) is 0. The fraction of sp³-hybridized carbons (Fsp3) is 0.133. The van der Waals surface area contributed by atoms with Gasteiger partial charge in [-0.25, -0.2) is 0 Å². The summed E-state index contributed by atoms with van der Waals surface area (Å²) >= 11 is 0. The van der Waals surface area contributed by atoms with Crippen molar-refractivity contribution in [3.63, 3.8) is 0 Å². The SMILES string of the molecule is Cc1ccc(C)c(C(=O)Nc2ccc(C(=O)N3Cc4ccccc4Cc4ccccc43)cc2)c1. The molecule has 5 rings (SSSR count). The number of amides is 2. The van der Waals surface area contributed by atoms with Gasteiger partial charge >= 0.3 is 0 Å².